The zero-order valence-electron chi connectivity index (χ0n) is 15.1. The number of benzene rings is 2. The van der Waals surface area contributed by atoms with Crippen molar-refractivity contribution in [3.8, 4) is 22.4 Å². The first-order valence-corrected chi connectivity index (χ1v) is 8.11. The highest BCUT2D eigenvalue weighted by molar-refractivity contribution is 5.84. The van der Waals surface area contributed by atoms with E-state index in [4.69, 9.17) is 1.37 Å². The van der Waals surface area contributed by atoms with Crippen molar-refractivity contribution in [1.82, 2.24) is 0 Å². The van der Waals surface area contributed by atoms with Gasteiger partial charge in [0, 0.05) is 23.1 Å². The molecule has 4 rings (SSSR count). The second-order valence-electron chi connectivity index (χ2n) is 7.01. The third kappa shape index (κ3) is 1.96. The molecule has 1 heterocycles. The lowest BCUT2D eigenvalue weighted by molar-refractivity contribution is -0.660. The van der Waals surface area contributed by atoms with Crippen molar-refractivity contribution in [2.75, 3.05) is 0 Å². The molecule has 0 amide bonds. The Hall–Kier alpha value is -2.41. The third-order valence-corrected chi connectivity index (χ3v) is 5.20. The number of hydrogen-bond donors (Lipinski definition) is 0. The van der Waals surface area contributed by atoms with Crippen molar-refractivity contribution in [1.29, 1.82) is 0 Å². The van der Waals surface area contributed by atoms with Gasteiger partial charge in [0.15, 0.2) is 6.20 Å². The van der Waals surface area contributed by atoms with Crippen LogP contribution >= 0.6 is 0 Å². The molecule has 1 nitrogen and oxygen atoms in total. The van der Waals surface area contributed by atoms with Crippen LogP contribution in [-0.2, 0) is 12.5 Å². The summed E-state index contributed by atoms with van der Waals surface area (Å²) in [4.78, 5) is 0. The predicted octanol–water partition coefficient (Wildman–Crippen LogP) is 4.79. The quantitative estimate of drug-likeness (QED) is 0.569. The summed E-state index contributed by atoms with van der Waals surface area (Å²) in [5.41, 5.74) is 9.05. The molecule has 0 atom stereocenters. The number of aryl methyl sites for hydroxylation is 2. The van der Waals surface area contributed by atoms with E-state index in [0.717, 1.165) is 5.69 Å². The van der Waals surface area contributed by atoms with Gasteiger partial charge in [0.05, 0.1) is 1.37 Å². The topological polar surface area (TPSA) is 3.88 Å². The van der Waals surface area contributed by atoms with Crippen molar-refractivity contribution in [2.45, 2.75) is 26.2 Å². The summed E-state index contributed by atoms with van der Waals surface area (Å²) in [6, 6.07) is 17.7. The van der Waals surface area contributed by atoms with Crippen LogP contribution in [-0.4, -0.2) is 0 Å². The second kappa shape index (κ2) is 4.79. The van der Waals surface area contributed by atoms with Crippen LogP contribution in [0.5, 0.6) is 0 Å². The fourth-order valence-electron chi connectivity index (χ4n) is 3.86. The lowest BCUT2D eigenvalue weighted by Crippen LogP contribution is -2.30. The second-order valence-corrected chi connectivity index (χ2v) is 7.01. The number of nitrogens with zero attached hydrogens (tertiary/aromatic N) is 1. The molecule has 2 aromatic carbocycles. The Labute approximate surface area is 139 Å². The van der Waals surface area contributed by atoms with Crippen LogP contribution in [0.4, 0.5) is 0 Å². The van der Waals surface area contributed by atoms with Crippen LogP contribution in [0.1, 0.15) is 31.9 Å². The lowest BCUT2D eigenvalue weighted by Gasteiger charge is -2.22. The molecule has 23 heavy (non-hydrogen) atoms. The average molecular weight is 301 g/mol. The molecule has 0 bridgehead atoms. The van der Waals surface area contributed by atoms with E-state index >= 15 is 0 Å². The molecule has 3 aromatic rings. The van der Waals surface area contributed by atoms with E-state index in [9.17, 15) is 0 Å². The van der Waals surface area contributed by atoms with Gasteiger partial charge >= 0.3 is 0 Å². The molecule has 0 unspecified atom stereocenters. The fraction of sp³-hybridized carbons (Fsp3) is 0.227. The summed E-state index contributed by atoms with van der Waals surface area (Å²) in [6.07, 6.45) is 1.96. The van der Waals surface area contributed by atoms with Gasteiger partial charge in [-0.15, -0.1) is 0 Å². The van der Waals surface area contributed by atoms with E-state index in [0.29, 0.717) is 6.04 Å². The van der Waals surface area contributed by atoms with Crippen molar-refractivity contribution < 1.29 is 5.94 Å². The van der Waals surface area contributed by atoms with Gasteiger partial charge < -0.3 is 0 Å². The Morgan fingerprint density at radius 1 is 0.913 bits per heavy atom. The zero-order chi connectivity index (χ0) is 17.1. The molecule has 0 N–H and O–H groups in total. The van der Waals surface area contributed by atoms with Crippen LogP contribution in [0.3, 0.4) is 0 Å². The largest absolute Gasteiger partial charge is 0.212 e. The maximum atomic E-state index is 7.97. The number of rotatable bonds is 1. The number of hydrogen-bond acceptors (Lipinski definition) is 0. The van der Waals surface area contributed by atoms with Gasteiger partial charge in [-0.1, -0.05) is 44.2 Å². The fourth-order valence-corrected chi connectivity index (χ4v) is 3.86. The summed E-state index contributed by atoms with van der Waals surface area (Å²) in [5, 5.41) is 0. The highest BCUT2D eigenvalue weighted by Gasteiger charge is 2.36. The first kappa shape index (κ1) is 13.1. The first-order valence-electron chi connectivity index (χ1n) is 8.61. The Kier molecular flexibility index (Phi) is 2.72. The van der Waals surface area contributed by atoms with E-state index in [1.165, 1.54) is 33.4 Å². The molecule has 1 heteroatoms. The molecule has 1 aliphatic rings. The Balaban J connectivity index is 2.02. The summed E-state index contributed by atoms with van der Waals surface area (Å²) >= 11 is 0. The third-order valence-electron chi connectivity index (χ3n) is 5.20. The molecule has 114 valence electrons. The lowest BCUT2D eigenvalue weighted by atomic mass is 9.81. The van der Waals surface area contributed by atoms with Crippen LogP contribution in [0, 0.1) is 6.92 Å². The summed E-state index contributed by atoms with van der Waals surface area (Å²) < 4.78 is 10.1. The number of aromatic nitrogens is 1. The van der Waals surface area contributed by atoms with Gasteiger partial charge in [0.2, 0.25) is 5.69 Å². The molecule has 0 saturated carbocycles. The van der Waals surface area contributed by atoms with Crippen molar-refractivity contribution in [3.05, 3.63) is 77.5 Å². The highest BCUT2D eigenvalue weighted by atomic mass is 14.9. The zero-order valence-corrected chi connectivity index (χ0v) is 14.1. The molecule has 0 radical (unpaired) electrons. The first-order chi connectivity index (χ1) is 11.4. The smallest absolute Gasteiger partial charge is 0.201 e. The number of pyridine rings is 1. The summed E-state index contributed by atoms with van der Waals surface area (Å²) in [5.74, 6) is 0. The maximum absolute atomic E-state index is 7.97. The molecule has 0 saturated heterocycles. The van der Waals surface area contributed by atoms with Crippen LogP contribution in [0.25, 0.3) is 22.4 Å². The molecule has 1 aliphatic carbocycles. The predicted molar refractivity (Wildman–Crippen MR) is 95.4 cm³/mol. The van der Waals surface area contributed by atoms with Gasteiger partial charge in [0.25, 0.3) is 0 Å². The SMILES string of the molecule is [2H]c1cc[n+](C)c(-c2cc3c(cc2C)C(C)(C)c2ccccc2-3)c1. The minimum Gasteiger partial charge on any atom is -0.201 e. The van der Waals surface area contributed by atoms with Crippen molar-refractivity contribution >= 4 is 0 Å². The Morgan fingerprint density at radius 3 is 2.52 bits per heavy atom. The van der Waals surface area contributed by atoms with E-state index in [-0.39, 0.29) is 5.41 Å². The standard InChI is InChI=1S/C22H22N/c1-15-13-20-18(14-17(15)21-11-7-8-12-23(21)4)16-9-5-6-10-19(16)22(20,2)3/h5-14H,1-4H3/q+1/i7D. The minimum absolute atomic E-state index is 0.0364. The van der Waals surface area contributed by atoms with E-state index < -0.39 is 0 Å². The molecular formula is C22H22N+. The van der Waals surface area contributed by atoms with E-state index in [1.54, 1.807) is 0 Å². The monoisotopic (exact) mass is 301 g/mol. The summed E-state index contributed by atoms with van der Waals surface area (Å²) in [7, 11) is 2.04. The van der Waals surface area contributed by atoms with E-state index in [2.05, 4.69) is 61.7 Å². The minimum atomic E-state index is 0.0364. The van der Waals surface area contributed by atoms with Crippen LogP contribution < -0.4 is 4.57 Å². The normalized spacial score (nSPS) is 15.0. The highest BCUT2D eigenvalue weighted by Crippen LogP contribution is 2.49. The average Bonchev–Trinajstić information content (AvgIpc) is 2.77. The van der Waals surface area contributed by atoms with Gasteiger partial charge in [-0.3, -0.25) is 0 Å². The molecule has 1 aromatic heterocycles. The van der Waals surface area contributed by atoms with Crippen LogP contribution in [0.15, 0.2) is 60.8 Å². The van der Waals surface area contributed by atoms with Crippen molar-refractivity contribution in [3.63, 3.8) is 0 Å². The van der Waals surface area contributed by atoms with Crippen molar-refractivity contribution in [2.24, 2.45) is 7.05 Å². The Bertz CT molecular complexity index is 970. The van der Waals surface area contributed by atoms with Gasteiger partial charge in [-0.25, -0.2) is 4.57 Å². The molecule has 0 spiro atoms. The number of fused-ring (bicyclic) bond motifs is 3. The summed E-state index contributed by atoms with van der Waals surface area (Å²) in [6.45, 7) is 6.79. The van der Waals surface area contributed by atoms with Gasteiger partial charge in [-0.2, -0.15) is 0 Å². The van der Waals surface area contributed by atoms with Crippen LogP contribution in [0.2, 0.25) is 0 Å². The Morgan fingerprint density at radius 2 is 1.70 bits per heavy atom. The van der Waals surface area contributed by atoms with Gasteiger partial charge in [0.1, 0.15) is 7.05 Å². The molecule has 0 aliphatic heterocycles. The molecule has 0 fully saturated rings. The van der Waals surface area contributed by atoms with Gasteiger partial charge in [-0.05, 0) is 46.8 Å². The molecular weight excluding hydrogens is 278 g/mol. The maximum Gasteiger partial charge on any atom is 0.212 e. The van der Waals surface area contributed by atoms with E-state index in [1.807, 2.05) is 25.4 Å².